The summed E-state index contributed by atoms with van der Waals surface area (Å²) in [4.78, 5) is 4.16. The Hall–Kier alpha value is -1.94. The lowest BCUT2D eigenvalue weighted by Crippen LogP contribution is -2.19. The number of benzene rings is 1. The third-order valence-corrected chi connectivity index (χ3v) is 3.07. The van der Waals surface area contributed by atoms with Gasteiger partial charge in [-0.1, -0.05) is 12.1 Å². The van der Waals surface area contributed by atoms with E-state index in [1.54, 1.807) is 25.4 Å². The molecule has 4 heteroatoms. The quantitative estimate of drug-likeness (QED) is 0.897. The Kier molecular flexibility index (Phi) is 4.47. The molecule has 0 radical (unpaired) electrons. The fourth-order valence-corrected chi connectivity index (χ4v) is 1.98. The normalized spacial score (nSPS) is 12.2. The number of likely N-dealkylation sites (N-methyl/N-ethyl adjacent to an activating group) is 1. The van der Waals surface area contributed by atoms with Crippen LogP contribution >= 0.6 is 0 Å². The molecule has 0 saturated heterocycles. The molecule has 19 heavy (non-hydrogen) atoms. The van der Waals surface area contributed by atoms with Gasteiger partial charge in [-0.25, -0.2) is 4.39 Å². The standard InChI is InChI=1S/C15H17FN2O/c1-17-15(7-11-3-5-13(16)6-4-11)12-8-14(19-2)10-18-9-12/h3-6,8-10,15,17H,7H2,1-2H3. The number of nitrogens with one attached hydrogen (secondary N) is 1. The van der Waals surface area contributed by atoms with Crippen LogP contribution in [-0.4, -0.2) is 19.1 Å². The van der Waals surface area contributed by atoms with Gasteiger partial charge in [0.1, 0.15) is 11.6 Å². The second-order valence-corrected chi connectivity index (χ2v) is 4.33. The maximum atomic E-state index is 12.9. The summed E-state index contributed by atoms with van der Waals surface area (Å²) in [5.41, 5.74) is 2.12. The van der Waals surface area contributed by atoms with Crippen molar-refractivity contribution in [2.75, 3.05) is 14.2 Å². The Labute approximate surface area is 112 Å². The predicted octanol–water partition coefficient (Wildman–Crippen LogP) is 2.73. The summed E-state index contributed by atoms with van der Waals surface area (Å²) < 4.78 is 18.1. The number of aromatic nitrogens is 1. The molecule has 1 unspecified atom stereocenters. The zero-order valence-corrected chi connectivity index (χ0v) is 11.1. The molecule has 1 N–H and O–H groups in total. The number of hydrogen-bond donors (Lipinski definition) is 1. The molecular formula is C15H17FN2O. The van der Waals surface area contributed by atoms with Crippen LogP contribution in [0.25, 0.3) is 0 Å². The van der Waals surface area contributed by atoms with Crippen LogP contribution in [-0.2, 0) is 6.42 Å². The number of rotatable bonds is 5. The van der Waals surface area contributed by atoms with Gasteiger partial charge >= 0.3 is 0 Å². The number of methoxy groups -OCH3 is 1. The highest BCUT2D eigenvalue weighted by Crippen LogP contribution is 2.21. The van der Waals surface area contributed by atoms with Crippen LogP contribution in [0.15, 0.2) is 42.7 Å². The Balaban J connectivity index is 2.17. The number of halogens is 1. The van der Waals surface area contributed by atoms with Gasteiger partial charge in [-0.2, -0.15) is 0 Å². The van der Waals surface area contributed by atoms with Gasteiger partial charge in [0.05, 0.1) is 13.3 Å². The summed E-state index contributed by atoms with van der Waals surface area (Å²) in [6.45, 7) is 0. The van der Waals surface area contributed by atoms with E-state index in [0.29, 0.717) is 0 Å². The minimum absolute atomic E-state index is 0.119. The van der Waals surface area contributed by atoms with E-state index in [-0.39, 0.29) is 11.9 Å². The molecular weight excluding hydrogens is 243 g/mol. The minimum atomic E-state index is -0.215. The van der Waals surface area contributed by atoms with Crippen LogP contribution in [0, 0.1) is 5.82 Å². The van der Waals surface area contributed by atoms with E-state index >= 15 is 0 Å². The highest BCUT2D eigenvalue weighted by atomic mass is 19.1. The molecule has 0 aliphatic heterocycles. The average molecular weight is 260 g/mol. The van der Waals surface area contributed by atoms with Crippen LogP contribution in [0.1, 0.15) is 17.2 Å². The van der Waals surface area contributed by atoms with Crippen LogP contribution in [0.5, 0.6) is 5.75 Å². The van der Waals surface area contributed by atoms with Crippen molar-refractivity contribution >= 4 is 0 Å². The van der Waals surface area contributed by atoms with Crippen LogP contribution < -0.4 is 10.1 Å². The molecule has 0 bridgehead atoms. The fraction of sp³-hybridized carbons (Fsp3) is 0.267. The lowest BCUT2D eigenvalue weighted by Gasteiger charge is -2.17. The first-order chi connectivity index (χ1) is 9.22. The molecule has 0 spiro atoms. The predicted molar refractivity (Wildman–Crippen MR) is 72.7 cm³/mol. The van der Waals surface area contributed by atoms with Gasteiger partial charge in [-0.3, -0.25) is 4.98 Å². The maximum absolute atomic E-state index is 12.9. The van der Waals surface area contributed by atoms with Gasteiger partial charge < -0.3 is 10.1 Å². The molecule has 2 aromatic rings. The Bertz CT molecular complexity index is 528. The summed E-state index contributed by atoms with van der Waals surface area (Å²) >= 11 is 0. The Morgan fingerprint density at radius 1 is 1.26 bits per heavy atom. The summed E-state index contributed by atoms with van der Waals surface area (Å²) in [6.07, 6.45) is 4.26. The third-order valence-electron chi connectivity index (χ3n) is 3.07. The van der Waals surface area contributed by atoms with Crippen molar-refractivity contribution < 1.29 is 9.13 Å². The Morgan fingerprint density at radius 2 is 2.00 bits per heavy atom. The lowest BCUT2D eigenvalue weighted by molar-refractivity contribution is 0.411. The molecule has 2 rings (SSSR count). The van der Waals surface area contributed by atoms with E-state index in [1.165, 1.54) is 12.1 Å². The van der Waals surface area contributed by atoms with Gasteiger partial charge in [0.25, 0.3) is 0 Å². The molecule has 0 amide bonds. The summed E-state index contributed by atoms with van der Waals surface area (Å²) in [7, 11) is 3.52. The molecule has 100 valence electrons. The van der Waals surface area contributed by atoms with Crippen molar-refractivity contribution in [3.63, 3.8) is 0 Å². The second-order valence-electron chi connectivity index (χ2n) is 4.33. The molecule has 1 aromatic carbocycles. The van der Waals surface area contributed by atoms with Crippen LogP contribution in [0.2, 0.25) is 0 Å². The molecule has 0 aliphatic carbocycles. The summed E-state index contributed by atoms with van der Waals surface area (Å²) in [6, 6.07) is 8.63. The van der Waals surface area contributed by atoms with Crippen molar-refractivity contribution in [3.05, 3.63) is 59.7 Å². The largest absolute Gasteiger partial charge is 0.495 e. The van der Waals surface area contributed by atoms with E-state index < -0.39 is 0 Å². The van der Waals surface area contributed by atoms with Gasteiger partial charge in [0, 0.05) is 12.2 Å². The first kappa shape index (κ1) is 13.5. The van der Waals surface area contributed by atoms with Crippen molar-refractivity contribution in [2.24, 2.45) is 0 Å². The van der Waals surface area contributed by atoms with Crippen molar-refractivity contribution in [1.82, 2.24) is 10.3 Å². The van der Waals surface area contributed by atoms with Crippen LogP contribution in [0.3, 0.4) is 0 Å². The van der Waals surface area contributed by atoms with Crippen LogP contribution in [0.4, 0.5) is 4.39 Å². The smallest absolute Gasteiger partial charge is 0.137 e. The summed E-state index contributed by atoms with van der Waals surface area (Å²) in [5.74, 6) is 0.518. The second kappa shape index (κ2) is 6.29. The van der Waals surface area contributed by atoms with E-state index in [2.05, 4.69) is 10.3 Å². The van der Waals surface area contributed by atoms with E-state index in [4.69, 9.17) is 4.74 Å². The first-order valence-electron chi connectivity index (χ1n) is 6.13. The Morgan fingerprint density at radius 3 is 2.63 bits per heavy atom. The van der Waals surface area contributed by atoms with Gasteiger partial charge in [-0.15, -0.1) is 0 Å². The first-order valence-corrected chi connectivity index (χ1v) is 6.13. The van der Waals surface area contributed by atoms with E-state index in [0.717, 1.165) is 23.3 Å². The topological polar surface area (TPSA) is 34.2 Å². The molecule has 0 fully saturated rings. The zero-order valence-electron chi connectivity index (χ0n) is 11.1. The molecule has 0 saturated carbocycles. The SMILES string of the molecule is CNC(Cc1ccc(F)cc1)c1cncc(OC)c1. The average Bonchev–Trinajstić information content (AvgIpc) is 2.46. The van der Waals surface area contributed by atoms with E-state index in [1.807, 2.05) is 19.3 Å². The fourth-order valence-electron chi connectivity index (χ4n) is 1.98. The molecule has 3 nitrogen and oxygen atoms in total. The zero-order chi connectivity index (χ0) is 13.7. The van der Waals surface area contributed by atoms with Crippen molar-refractivity contribution in [2.45, 2.75) is 12.5 Å². The highest BCUT2D eigenvalue weighted by molar-refractivity contribution is 5.28. The maximum Gasteiger partial charge on any atom is 0.137 e. The van der Waals surface area contributed by atoms with Crippen molar-refractivity contribution in [3.8, 4) is 5.75 Å². The minimum Gasteiger partial charge on any atom is -0.495 e. The lowest BCUT2D eigenvalue weighted by atomic mass is 10.0. The number of hydrogen-bond acceptors (Lipinski definition) is 3. The van der Waals surface area contributed by atoms with Gasteiger partial charge in [0.2, 0.25) is 0 Å². The van der Waals surface area contributed by atoms with Gasteiger partial charge in [-0.05, 0) is 42.8 Å². The third kappa shape index (κ3) is 3.51. The number of ether oxygens (including phenoxy) is 1. The molecule has 1 atom stereocenters. The number of pyridine rings is 1. The summed E-state index contributed by atoms with van der Waals surface area (Å²) in [5, 5.41) is 3.24. The number of nitrogens with zero attached hydrogens (tertiary/aromatic N) is 1. The highest BCUT2D eigenvalue weighted by Gasteiger charge is 2.11. The van der Waals surface area contributed by atoms with E-state index in [9.17, 15) is 4.39 Å². The molecule has 0 aliphatic rings. The molecule has 1 aromatic heterocycles. The monoisotopic (exact) mass is 260 g/mol. The van der Waals surface area contributed by atoms with Gasteiger partial charge in [0.15, 0.2) is 0 Å². The van der Waals surface area contributed by atoms with Crippen molar-refractivity contribution in [1.29, 1.82) is 0 Å². The molecule has 1 heterocycles.